The van der Waals surface area contributed by atoms with E-state index in [1.165, 1.54) is 30.0 Å². The van der Waals surface area contributed by atoms with E-state index in [-0.39, 0.29) is 5.82 Å². The van der Waals surface area contributed by atoms with Crippen molar-refractivity contribution in [1.29, 1.82) is 0 Å². The second-order valence-corrected chi connectivity index (χ2v) is 4.40. The van der Waals surface area contributed by atoms with Gasteiger partial charge < -0.3 is 10.5 Å². The summed E-state index contributed by atoms with van der Waals surface area (Å²) in [6.07, 6.45) is 1.85. The maximum absolute atomic E-state index is 13.0. The molecule has 0 amide bonds. The number of aryl methyl sites for hydroxylation is 1. The second-order valence-electron chi connectivity index (χ2n) is 3.63. The molecule has 0 atom stereocenters. The lowest BCUT2D eigenvalue weighted by atomic mass is 10.2. The minimum absolute atomic E-state index is 0.299. The molecular weight excluding hydrogens is 253 g/mol. The van der Waals surface area contributed by atoms with Crippen molar-refractivity contribution < 1.29 is 9.13 Å². The Kier molecular flexibility index (Phi) is 3.66. The lowest BCUT2D eigenvalue weighted by molar-refractivity contribution is 0.451. The quantitative estimate of drug-likeness (QED) is 0.682. The van der Waals surface area contributed by atoms with Gasteiger partial charge in [0.05, 0.1) is 0 Å². The van der Waals surface area contributed by atoms with Gasteiger partial charge in [0, 0.05) is 6.07 Å². The number of anilines is 1. The van der Waals surface area contributed by atoms with Crippen LogP contribution in [0, 0.1) is 12.7 Å². The van der Waals surface area contributed by atoms with Gasteiger partial charge in [-0.2, -0.15) is 4.98 Å². The minimum atomic E-state index is -0.299. The number of aromatic nitrogens is 2. The summed E-state index contributed by atoms with van der Waals surface area (Å²) in [5, 5.41) is 0.532. The van der Waals surface area contributed by atoms with Crippen molar-refractivity contribution in [1.82, 2.24) is 9.97 Å². The third kappa shape index (κ3) is 2.89. The molecule has 1 heterocycles. The van der Waals surface area contributed by atoms with E-state index >= 15 is 0 Å². The first-order valence-electron chi connectivity index (χ1n) is 5.21. The third-order valence-electron chi connectivity index (χ3n) is 2.24. The van der Waals surface area contributed by atoms with Crippen LogP contribution in [-0.4, -0.2) is 16.2 Å². The largest absolute Gasteiger partial charge is 0.439 e. The summed E-state index contributed by atoms with van der Waals surface area (Å²) in [4.78, 5) is 8.19. The molecule has 0 bridgehead atoms. The monoisotopic (exact) mass is 265 g/mol. The Morgan fingerprint density at radius 1 is 1.28 bits per heavy atom. The van der Waals surface area contributed by atoms with Crippen LogP contribution in [0.3, 0.4) is 0 Å². The number of ether oxygens (including phenoxy) is 1. The van der Waals surface area contributed by atoms with Crippen molar-refractivity contribution in [2.24, 2.45) is 0 Å². The molecule has 0 unspecified atom stereocenters. The maximum Gasteiger partial charge on any atom is 0.225 e. The van der Waals surface area contributed by atoms with Gasteiger partial charge in [-0.05, 0) is 36.9 Å². The van der Waals surface area contributed by atoms with Gasteiger partial charge in [-0.15, -0.1) is 0 Å². The molecule has 0 saturated carbocycles. The molecule has 0 aliphatic rings. The number of halogens is 1. The predicted octanol–water partition coefficient (Wildman–Crippen LogP) is 3.02. The highest BCUT2D eigenvalue weighted by Crippen LogP contribution is 2.26. The van der Waals surface area contributed by atoms with Crippen molar-refractivity contribution in [2.45, 2.75) is 12.1 Å². The molecule has 0 radical (unpaired) electrons. The average molecular weight is 265 g/mol. The summed E-state index contributed by atoms with van der Waals surface area (Å²) < 4.78 is 18.5. The van der Waals surface area contributed by atoms with E-state index < -0.39 is 0 Å². The fraction of sp³-hybridized carbons (Fsp3) is 0.167. The summed E-state index contributed by atoms with van der Waals surface area (Å²) in [5.41, 5.74) is 6.34. The normalized spacial score (nSPS) is 10.4. The molecule has 0 spiro atoms. The van der Waals surface area contributed by atoms with Crippen LogP contribution in [0.2, 0.25) is 0 Å². The molecule has 18 heavy (non-hydrogen) atoms. The molecule has 0 aliphatic carbocycles. The van der Waals surface area contributed by atoms with Gasteiger partial charge in [-0.1, -0.05) is 11.8 Å². The van der Waals surface area contributed by atoms with E-state index in [1.54, 1.807) is 13.0 Å². The topological polar surface area (TPSA) is 61.0 Å². The molecule has 1 aromatic heterocycles. The number of benzene rings is 1. The van der Waals surface area contributed by atoms with Gasteiger partial charge >= 0.3 is 0 Å². The highest BCUT2D eigenvalue weighted by molar-refractivity contribution is 7.98. The smallest absolute Gasteiger partial charge is 0.225 e. The summed E-state index contributed by atoms with van der Waals surface area (Å²) in [6, 6.07) is 5.82. The van der Waals surface area contributed by atoms with Crippen LogP contribution < -0.4 is 10.5 Å². The lowest BCUT2D eigenvalue weighted by Crippen LogP contribution is -1.98. The Balaban J connectivity index is 2.30. The number of rotatable bonds is 3. The van der Waals surface area contributed by atoms with Crippen molar-refractivity contribution in [3.05, 3.63) is 35.6 Å². The standard InChI is InChI=1S/C12H12FN3OS/c1-7-5-8(13)3-4-9(7)17-11-6-10(14)15-12(16-11)18-2/h3-6H,1-2H3,(H2,14,15,16). The summed E-state index contributed by atoms with van der Waals surface area (Å²) >= 11 is 1.37. The molecule has 1 aromatic carbocycles. The first-order chi connectivity index (χ1) is 8.58. The minimum Gasteiger partial charge on any atom is -0.439 e. The van der Waals surface area contributed by atoms with Crippen LogP contribution in [0.5, 0.6) is 11.6 Å². The maximum atomic E-state index is 13.0. The lowest BCUT2D eigenvalue weighted by Gasteiger charge is -2.08. The Bertz CT molecular complexity index is 577. The molecule has 2 rings (SSSR count). The van der Waals surface area contributed by atoms with Crippen molar-refractivity contribution >= 4 is 17.6 Å². The molecule has 6 heteroatoms. The molecule has 0 saturated heterocycles. The third-order valence-corrected chi connectivity index (χ3v) is 2.78. The van der Waals surface area contributed by atoms with Crippen molar-refractivity contribution in [3.8, 4) is 11.6 Å². The summed E-state index contributed by atoms with van der Waals surface area (Å²) in [5.74, 6) is 0.930. The highest BCUT2D eigenvalue weighted by Gasteiger charge is 2.07. The molecule has 2 aromatic rings. The SMILES string of the molecule is CSc1nc(N)cc(Oc2ccc(F)cc2C)n1. The Morgan fingerprint density at radius 3 is 2.72 bits per heavy atom. The van der Waals surface area contributed by atoms with E-state index in [4.69, 9.17) is 10.5 Å². The fourth-order valence-corrected chi connectivity index (χ4v) is 1.78. The van der Waals surface area contributed by atoms with E-state index in [9.17, 15) is 4.39 Å². The van der Waals surface area contributed by atoms with Crippen molar-refractivity contribution in [2.75, 3.05) is 12.0 Å². The van der Waals surface area contributed by atoms with E-state index in [2.05, 4.69) is 9.97 Å². The molecular formula is C12H12FN3OS. The van der Waals surface area contributed by atoms with Gasteiger partial charge in [0.15, 0.2) is 5.16 Å². The van der Waals surface area contributed by atoms with E-state index in [0.717, 1.165) is 0 Å². The number of thioether (sulfide) groups is 1. The zero-order valence-corrected chi connectivity index (χ0v) is 10.8. The highest BCUT2D eigenvalue weighted by atomic mass is 32.2. The molecule has 4 nitrogen and oxygen atoms in total. The zero-order valence-electron chi connectivity index (χ0n) is 9.98. The Morgan fingerprint density at radius 2 is 2.06 bits per heavy atom. The van der Waals surface area contributed by atoms with Crippen LogP contribution in [0.4, 0.5) is 10.2 Å². The first kappa shape index (κ1) is 12.6. The van der Waals surface area contributed by atoms with Gasteiger partial charge in [-0.25, -0.2) is 9.37 Å². The van der Waals surface area contributed by atoms with Gasteiger partial charge in [0.2, 0.25) is 5.88 Å². The summed E-state index contributed by atoms with van der Waals surface area (Å²) in [7, 11) is 0. The molecule has 0 aliphatic heterocycles. The number of hydrogen-bond acceptors (Lipinski definition) is 5. The average Bonchev–Trinajstić information content (AvgIpc) is 2.32. The molecule has 2 N–H and O–H groups in total. The van der Waals surface area contributed by atoms with Gasteiger partial charge in [0.25, 0.3) is 0 Å². The van der Waals surface area contributed by atoms with Crippen molar-refractivity contribution in [3.63, 3.8) is 0 Å². The van der Waals surface area contributed by atoms with Crippen LogP contribution in [0.25, 0.3) is 0 Å². The van der Waals surface area contributed by atoms with E-state index in [0.29, 0.717) is 28.2 Å². The van der Waals surface area contributed by atoms with Crippen LogP contribution >= 0.6 is 11.8 Å². The van der Waals surface area contributed by atoms with Gasteiger partial charge in [0.1, 0.15) is 17.4 Å². The number of nitrogens with zero attached hydrogens (tertiary/aromatic N) is 2. The Labute approximate surface area is 108 Å². The summed E-state index contributed by atoms with van der Waals surface area (Å²) in [6.45, 7) is 1.76. The zero-order chi connectivity index (χ0) is 13.1. The van der Waals surface area contributed by atoms with Gasteiger partial charge in [-0.3, -0.25) is 0 Å². The number of hydrogen-bond donors (Lipinski definition) is 1. The van der Waals surface area contributed by atoms with E-state index in [1.807, 2.05) is 6.26 Å². The first-order valence-corrected chi connectivity index (χ1v) is 6.43. The van der Waals surface area contributed by atoms with Crippen LogP contribution in [0.15, 0.2) is 29.4 Å². The fourth-order valence-electron chi connectivity index (χ4n) is 1.40. The van der Waals surface area contributed by atoms with Crippen LogP contribution in [0.1, 0.15) is 5.56 Å². The second kappa shape index (κ2) is 5.22. The Hall–Kier alpha value is -1.82. The number of nitrogen functional groups attached to an aromatic ring is 1. The number of nitrogens with two attached hydrogens (primary N) is 1. The predicted molar refractivity (Wildman–Crippen MR) is 69.4 cm³/mol. The molecule has 94 valence electrons. The van der Waals surface area contributed by atoms with Crippen LogP contribution in [-0.2, 0) is 0 Å². The molecule has 0 fully saturated rings.